The number of fused-ring (bicyclic) bond motifs is 1. The summed E-state index contributed by atoms with van der Waals surface area (Å²) in [6.07, 6.45) is 0. The molecule has 0 aliphatic carbocycles. The molecule has 0 spiro atoms. The van der Waals surface area contributed by atoms with Gasteiger partial charge < -0.3 is 9.73 Å². The van der Waals surface area contributed by atoms with Crippen molar-refractivity contribution in [2.45, 2.75) is 13.0 Å². The van der Waals surface area contributed by atoms with Crippen molar-refractivity contribution in [1.29, 1.82) is 0 Å². The molecule has 0 radical (unpaired) electrons. The monoisotopic (exact) mass is 407 g/mol. The summed E-state index contributed by atoms with van der Waals surface area (Å²) in [4.78, 5) is 0. The van der Waals surface area contributed by atoms with Crippen molar-refractivity contribution in [3.63, 3.8) is 0 Å². The number of aromatic amines is 1. The molecule has 1 atom stereocenters. The molecule has 4 rings (SSSR count). The largest absolute Gasteiger partial charge is 0.453 e. The molecule has 0 saturated carbocycles. The van der Waals surface area contributed by atoms with Crippen molar-refractivity contribution in [1.82, 2.24) is 20.6 Å². The number of nitrogens with zero attached hydrogens (tertiary/aromatic N) is 3. The standard InChI is InChI=1S/C17H12Cl3N5O/c1-8(21-11-6-12(18)16(20)13(19)7-11)9-2-3-14-10(4-9)5-15(26-14)17-22-24-25-23-17/h2-8,21H,1H3,(H,22,23,24,25). The first kappa shape index (κ1) is 17.1. The van der Waals surface area contributed by atoms with E-state index >= 15 is 0 Å². The summed E-state index contributed by atoms with van der Waals surface area (Å²) >= 11 is 18.2. The maximum Gasteiger partial charge on any atom is 0.239 e. The minimum atomic E-state index is 0.0104. The van der Waals surface area contributed by atoms with Crippen LogP contribution in [0.1, 0.15) is 18.5 Å². The first-order valence-corrected chi connectivity index (χ1v) is 8.83. The van der Waals surface area contributed by atoms with Crippen molar-refractivity contribution >= 4 is 51.5 Å². The molecule has 0 fully saturated rings. The quantitative estimate of drug-likeness (QED) is 0.420. The van der Waals surface area contributed by atoms with Crippen LogP contribution in [0, 0.1) is 0 Å². The molecule has 0 amide bonds. The van der Waals surface area contributed by atoms with E-state index in [0.717, 1.165) is 22.2 Å². The lowest BCUT2D eigenvalue weighted by atomic mass is 10.1. The molecule has 6 nitrogen and oxygen atoms in total. The van der Waals surface area contributed by atoms with Crippen LogP contribution in [0.5, 0.6) is 0 Å². The van der Waals surface area contributed by atoms with Crippen LogP contribution in [0.15, 0.2) is 40.8 Å². The van der Waals surface area contributed by atoms with Gasteiger partial charge in [-0.25, -0.2) is 0 Å². The number of benzene rings is 2. The second-order valence-corrected chi connectivity index (χ2v) is 6.96. The van der Waals surface area contributed by atoms with E-state index in [9.17, 15) is 0 Å². The van der Waals surface area contributed by atoms with Crippen LogP contribution in [0.2, 0.25) is 15.1 Å². The zero-order valence-corrected chi connectivity index (χ0v) is 15.7. The fourth-order valence-corrected chi connectivity index (χ4v) is 3.28. The van der Waals surface area contributed by atoms with Gasteiger partial charge in [0.15, 0.2) is 5.76 Å². The summed E-state index contributed by atoms with van der Waals surface area (Å²) < 4.78 is 5.76. The number of aromatic nitrogens is 4. The number of hydrogen-bond donors (Lipinski definition) is 2. The maximum atomic E-state index is 6.09. The third kappa shape index (κ3) is 3.23. The Balaban J connectivity index is 1.61. The Morgan fingerprint density at radius 3 is 2.54 bits per heavy atom. The van der Waals surface area contributed by atoms with Gasteiger partial charge in [0, 0.05) is 17.1 Å². The van der Waals surface area contributed by atoms with Crippen molar-refractivity contribution < 1.29 is 4.42 Å². The van der Waals surface area contributed by atoms with E-state index in [-0.39, 0.29) is 6.04 Å². The highest BCUT2D eigenvalue weighted by Crippen LogP contribution is 2.35. The van der Waals surface area contributed by atoms with Gasteiger partial charge in [-0.15, -0.1) is 10.2 Å². The first-order valence-electron chi connectivity index (χ1n) is 7.69. The average Bonchev–Trinajstić information content (AvgIpc) is 3.27. The van der Waals surface area contributed by atoms with Crippen LogP contribution in [0.4, 0.5) is 5.69 Å². The summed E-state index contributed by atoms with van der Waals surface area (Å²) in [6.45, 7) is 2.04. The van der Waals surface area contributed by atoms with E-state index in [1.165, 1.54) is 0 Å². The number of nitrogens with one attached hydrogen (secondary N) is 2. The highest BCUT2D eigenvalue weighted by atomic mass is 35.5. The molecule has 2 aromatic carbocycles. The van der Waals surface area contributed by atoms with E-state index in [1.807, 2.05) is 31.2 Å². The number of tetrazole rings is 1. The number of hydrogen-bond acceptors (Lipinski definition) is 5. The molecule has 2 aromatic heterocycles. The molecule has 1 unspecified atom stereocenters. The van der Waals surface area contributed by atoms with E-state index in [4.69, 9.17) is 39.2 Å². The molecule has 4 aromatic rings. The molecule has 0 saturated heterocycles. The zero-order chi connectivity index (χ0) is 18.3. The molecule has 2 N–H and O–H groups in total. The van der Waals surface area contributed by atoms with Crippen LogP contribution < -0.4 is 5.32 Å². The smallest absolute Gasteiger partial charge is 0.239 e. The van der Waals surface area contributed by atoms with E-state index in [1.54, 1.807) is 12.1 Å². The van der Waals surface area contributed by atoms with E-state index in [2.05, 4.69) is 25.9 Å². The minimum Gasteiger partial charge on any atom is -0.453 e. The molecule has 0 aliphatic heterocycles. The van der Waals surface area contributed by atoms with Gasteiger partial charge in [0.1, 0.15) is 5.58 Å². The Morgan fingerprint density at radius 2 is 1.85 bits per heavy atom. The Morgan fingerprint density at radius 1 is 1.08 bits per heavy atom. The fourth-order valence-electron chi connectivity index (χ4n) is 2.68. The van der Waals surface area contributed by atoms with Gasteiger partial charge in [0.25, 0.3) is 0 Å². The third-order valence-electron chi connectivity index (χ3n) is 3.97. The zero-order valence-electron chi connectivity index (χ0n) is 13.4. The van der Waals surface area contributed by atoms with Crippen molar-refractivity contribution in [3.05, 3.63) is 57.0 Å². The SMILES string of the molecule is CC(Nc1cc(Cl)c(Cl)c(Cl)c1)c1ccc2oc(-c3nn[nH]n3)cc2c1. The molecule has 0 aliphatic rings. The third-order valence-corrected chi connectivity index (χ3v) is 5.17. The summed E-state index contributed by atoms with van der Waals surface area (Å²) in [6, 6.07) is 11.3. The number of halogens is 3. The summed E-state index contributed by atoms with van der Waals surface area (Å²) in [5.41, 5.74) is 2.61. The van der Waals surface area contributed by atoms with Crippen molar-refractivity contribution in [2.75, 3.05) is 5.32 Å². The Bertz CT molecular complexity index is 1050. The predicted octanol–water partition coefficient (Wildman–Crippen LogP) is 5.75. The van der Waals surface area contributed by atoms with Crippen molar-refractivity contribution in [3.8, 4) is 11.6 Å². The maximum absolute atomic E-state index is 6.09. The molecular weight excluding hydrogens is 397 g/mol. The van der Waals surface area contributed by atoms with Crippen LogP contribution in [0.25, 0.3) is 22.6 Å². The van der Waals surface area contributed by atoms with Crippen molar-refractivity contribution in [2.24, 2.45) is 0 Å². The molecule has 0 bridgehead atoms. The van der Waals surface area contributed by atoms with Gasteiger partial charge in [-0.05, 0) is 48.0 Å². The Labute approximate surface area is 163 Å². The molecule has 132 valence electrons. The number of furan rings is 1. The second-order valence-electron chi connectivity index (χ2n) is 5.76. The highest BCUT2D eigenvalue weighted by Gasteiger charge is 2.13. The summed E-state index contributed by atoms with van der Waals surface area (Å²) in [5.74, 6) is 0.974. The number of rotatable bonds is 4. The predicted molar refractivity (Wildman–Crippen MR) is 103 cm³/mol. The van der Waals surface area contributed by atoms with Gasteiger partial charge in [-0.1, -0.05) is 40.9 Å². The van der Waals surface area contributed by atoms with Gasteiger partial charge >= 0.3 is 0 Å². The van der Waals surface area contributed by atoms with Gasteiger partial charge in [-0.2, -0.15) is 5.21 Å². The highest BCUT2D eigenvalue weighted by molar-refractivity contribution is 6.48. The average molecular weight is 409 g/mol. The lowest BCUT2D eigenvalue weighted by Crippen LogP contribution is -2.06. The Hall–Kier alpha value is -2.28. The second kappa shape index (κ2) is 6.79. The summed E-state index contributed by atoms with van der Waals surface area (Å²) in [5, 5.41) is 19.3. The summed E-state index contributed by atoms with van der Waals surface area (Å²) in [7, 11) is 0. The minimum absolute atomic E-state index is 0.0104. The van der Waals surface area contributed by atoms with E-state index < -0.39 is 0 Å². The van der Waals surface area contributed by atoms with Crippen LogP contribution in [-0.4, -0.2) is 20.6 Å². The molecule has 9 heteroatoms. The van der Waals surface area contributed by atoms with Crippen LogP contribution >= 0.6 is 34.8 Å². The lowest BCUT2D eigenvalue weighted by Gasteiger charge is -2.16. The normalized spacial score (nSPS) is 12.5. The Kier molecular flexibility index (Phi) is 4.48. The van der Waals surface area contributed by atoms with Crippen LogP contribution in [-0.2, 0) is 0 Å². The fraction of sp³-hybridized carbons (Fsp3) is 0.118. The first-order chi connectivity index (χ1) is 12.5. The molecule has 2 heterocycles. The number of anilines is 1. The number of H-pyrrole nitrogens is 1. The van der Waals surface area contributed by atoms with Gasteiger partial charge in [0.05, 0.1) is 15.1 Å². The van der Waals surface area contributed by atoms with Gasteiger partial charge in [0.2, 0.25) is 5.82 Å². The molecular formula is C17H12Cl3N5O. The molecule has 26 heavy (non-hydrogen) atoms. The topological polar surface area (TPSA) is 79.6 Å². The van der Waals surface area contributed by atoms with Crippen LogP contribution in [0.3, 0.4) is 0 Å². The van der Waals surface area contributed by atoms with Gasteiger partial charge in [-0.3, -0.25) is 0 Å². The van der Waals surface area contributed by atoms with E-state index in [0.29, 0.717) is 26.7 Å². The lowest BCUT2D eigenvalue weighted by molar-refractivity contribution is 0.625.